The average Bonchev–Trinajstić information content (AvgIpc) is 3.43. The van der Waals surface area contributed by atoms with Crippen molar-refractivity contribution in [2.24, 2.45) is 0 Å². The SMILES string of the molecule is CC(C)Oc1ccccc1[CH]=[Ru]([Cl])[Cl].Cc1ccccc1N1[C]N(c2ccccc2C)[C@@H](c2ccccc2)[C@H]1c1ccccc1. The number of ether oxygens (including phenoxy) is 1. The summed E-state index contributed by atoms with van der Waals surface area (Å²) in [5.41, 5.74) is 8.42. The van der Waals surface area contributed by atoms with Gasteiger partial charge in [0, 0.05) is 11.4 Å². The Balaban J connectivity index is 0.000000241. The normalized spacial score (nSPS) is 16.2. The van der Waals surface area contributed by atoms with E-state index in [9.17, 15) is 0 Å². The van der Waals surface area contributed by atoms with Gasteiger partial charge < -0.3 is 9.80 Å². The van der Waals surface area contributed by atoms with Crippen LogP contribution >= 0.6 is 19.4 Å². The molecule has 1 aliphatic heterocycles. The second kappa shape index (κ2) is 15.7. The quantitative estimate of drug-likeness (QED) is 0.156. The van der Waals surface area contributed by atoms with Crippen LogP contribution in [-0.4, -0.2) is 10.7 Å². The third kappa shape index (κ3) is 8.24. The molecule has 0 amide bonds. The van der Waals surface area contributed by atoms with Crippen LogP contribution in [0.4, 0.5) is 11.4 Å². The summed E-state index contributed by atoms with van der Waals surface area (Å²) in [4.78, 5) is 4.66. The van der Waals surface area contributed by atoms with Crippen LogP contribution in [-0.2, 0) is 13.5 Å². The molecule has 0 aromatic heterocycles. The summed E-state index contributed by atoms with van der Waals surface area (Å²) < 4.78 is 7.51. The summed E-state index contributed by atoms with van der Waals surface area (Å²) in [5, 5.41) is 0. The van der Waals surface area contributed by atoms with Crippen molar-refractivity contribution in [3.63, 3.8) is 0 Å². The topological polar surface area (TPSA) is 15.7 Å². The fourth-order valence-corrected chi connectivity index (χ4v) is 7.38. The van der Waals surface area contributed by atoms with Crippen molar-refractivity contribution < 1.29 is 18.3 Å². The first-order chi connectivity index (χ1) is 21.8. The molecule has 6 rings (SSSR count). The summed E-state index contributed by atoms with van der Waals surface area (Å²) in [7, 11) is 11.6. The molecule has 2 radical (unpaired) electrons. The smallest absolute Gasteiger partial charge is 0.210 e. The van der Waals surface area contributed by atoms with Gasteiger partial charge >= 0.3 is 97.8 Å². The molecule has 0 N–H and O–H groups in total. The molecule has 1 aliphatic rings. The number of rotatable bonds is 7. The summed E-state index contributed by atoms with van der Waals surface area (Å²) in [6, 6.07) is 46.7. The molecule has 0 spiro atoms. The van der Waals surface area contributed by atoms with E-state index in [4.69, 9.17) is 24.1 Å². The fourth-order valence-electron chi connectivity index (χ4n) is 5.57. The maximum absolute atomic E-state index is 5.82. The molecule has 0 aliphatic carbocycles. The zero-order valence-electron chi connectivity index (χ0n) is 25.9. The van der Waals surface area contributed by atoms with Gasteiger partial charge in [-0.3, -0.25) is 0 Å². The van der Waals surface area contributed by atoms with Crippen molar-refractivity contribution in [1.82, 2.24) is 0 Å². The number of para-hydroxylation sites is 3. The molecule has 232 valence electrons. The first-order valence-corrected chi connectivity index (χ1v) is 20.5. The Labute approximate surface area is 281 Å². The van der Waals surface area contributed by atoms with E-state index in [0.717, 1.165) is 11.3 Å². The number of nitrogens with zero attached hydrogens (tertiary/aromatic N) is 2. The molecule has 45 heavy (non-hydrogen) atoms. The van der Waals surface area contributed by atoms with Crippen LogP contribution in [0.1, 0.15) is 53.7 Å². The third-order valence-corrected chi connectivity index (χ3v) is 9.40. The van der Waals surface area contributed by atoms with Crippen molar-refractivity contribution >= 4 is 35.4 Å². The van der Waals surface area contributed by atoms with Gasteiger partial charge in [0.25, 0.3) is 0 Å². The van der Waals surface area contributed by atoms with Crippen LogP contribution in [0.5, 0.6) is 5.75 Å². The van der Waals surface area contributed by atoms with E-state index in [1.54, 1.807) is 0 Å². The van der Waals surface area contributed by atoms with Gasteiger partial charge in [0.15, 0.2) is 0 Å². The minimum atomic E-state index is -1.77. The molecule has 1 fully saturated rings. The molecule has 1 saturated heterocycles. The van der Waals surface area contributed by atoms with Gasteiger partial charge in [0.05, 0.1) is 12.1 Å². The minimum absolute atomic E-state index is 0.101. The first kappa shape index (κ1) is 33.0. The number of aryl methyl sites for hydroxylation is 2. The average molecular weight is 723 g/mol. The second-order valence-electron chi connectivity index (χ2n) is 11.1. The number of benzene rings is 5. The summed E-state index contributed by atoms with van der Waals surface area (Å²) in [5.74, 6) is 0.850. The van der Waals surface area contributed by atoms with E-state index < -0.39 is 13.5 Å². The minimum Gasteiger partial charge on any atom is -0.331 e. The summed E-state index contributed by atoms with van der Waals surface area (Å²) in [6.07, 6.45) is 0.163. The molecular formula is C39H38Cl2N2ORu. The Morgan fingerprint density at radius 1 is 0.622 bits per heavy atom. The molecule has 3 nitrogen and oxygen atoms in total. The predicted molar refractivity (Wildman–Crippen MR) is 188 cm³/mol. The van der Waals surface area contributed by atoms with E-state index >= 15 is 0 Å². The van der Waals surface area contributed by atoms with Crippen LogP contribution in [0.15, 0.2) is 133 Å². The van der Waals surface area contributed by atoms with Crippen LogP contribution in [0.25, 0.3) is 0 Å². The molecule has 2 atom stereocenters. The Morgan fingerprint density at radius 2 is 1.04 bits per heavy atom. The van der Waals surface area contributed by atoms with Crippen molar-refractivity contribution in [3.8, 4) is 5.75 Å². The molecule has 5 aromatic rings. The summed E-state index contributed by atoms with van der Waals surface area (Å²) in [6.45, 7) is 12.1. The Hall–Kier alpha value is -3.43. The van der Waals surface area contributed by atoms with Crippen LogP contribution in [0, 0.1) is 20.5 Å². The van der Waals surface area contributed by atoms with Crippen LogP contribution in [0.3, 0.4) is 0 Å². The maximum Gasteiger partial charge on any atom is 0.210 e. The zero-order chi connectivity index (χ0) is 31.8. The standard InChI is InChI=1S/C29H26N2.C10H12O.2ClH.Ru/c1-22-13-9-11-19-26(22)30-21-31(27-20-12-10-14-23(27)2)29(25-17-7-4-8-18-25)28(30)24-15-5-3-6-16-24;1-8(2)11-10-7-5-4-6-9(10)3;;;/h3-20,28-29H,1-2H3;3-8H,1-2H3;2*1H;/q;;;;+2/p-2/t28-,29+;;;;. The Kier molecular flexibility index (Phi) is 11.5. The van der Waals surface area contributed by atoms with Gasteiger partial charge in [-0.2, -0.15) is 0 Å². The van der Waals surface area contributed by atoms with E-state index in [1.807, 2.05) is 42.7 Å². The second-order valence-corrected chi connectivity index (χ2v) is 16.9. The van der Waals surface area contributed by atoms with Gasteiger partial charge in [-0.15, -0.1) is 0 Å². The molecule has 6 heteroatoms. The first-order valence-electron chi connectivity index (χ1n) is 15.0. The van der Waals surface area contributed by atoms with Crippen LogP contribution < -0.4 is 14.5 Å². The summed E-state index contributed by atoms with van der Waals surface area (Å²) >= 11 is -1.77. The van der Waals surface area contributed by atoms with Gasteiger partial charge in [0.2, 0.25) is 6.67 Å². The molecular weight excluding hydrogens is 684 g/mol. The van der Waals surface area contributed by atoms with Gasteiger partial charge in [-0.05, 0) is 48.2 Å². The van der Waals surface area contributed by atoms with E-state index in [0.29, 0.717) is 0 Å². The van der Waals surface area contributed by atoms with E-state index in [-0.39, 0.29) is 18.2 Å². The molecule has 1 heterocycles. The number of hydrogen-bond donors (Lipinski definition) is 0. The molecule has 0 unspecified atom stereocenters. The molecule has 0 saturated carbocycles. The number of hydrogen-bond acceptors (Lipinski definition) is 3. The fraction of sp³-hybridized carbons (Fsp3) is 0.179. The third-order valence-electron chi connectivity index (χ3n) is 7.57. The Morgan fingerprint density at radius 3 is 1.49 bits per heavy atom. The van der Waals surface area contributed by atoms with Crippen molar-refractivity contribution in [2.75, 3.05) is 9.80 Å². The maximum atomic E-state index is 5.82. The van der Waals surface area contributed by atoms with Gasteiger partial charge in [-0.1, -0.05) is 97.1 Å². The van der Waals surface area contributed by atoms with Crippen molar-refractivity contribution in [3.05, 3.63) is 168 Å². The Bertz CT molecular complexity index is 1610. The van der Waals surface area contributed by atoms with Gasteiger partial charge in [0.1, 0.15) is 0 Å². The largest absolute Gasteiger partial charge is 0.331 e. The van der Waals surface area contributed by atoms with E-state index in [1.165, 1.54) is 33.6 Å². The number of halogens is 2. The zero-order valence-corrected chi connectivity index (χ0v) is 29.2. The van der Waals surface area contributed by atoms with Crippen molar-refractivity contribution in [2.45, 2.75) is 45.9 Å². The molecule has 5 aromatic carbocycles. The monoisotopic (exact) mass is 722 g/mol. The van der Waals surface area contributed by atoms with Crippen LogP contribution in [0.2, 0.25) is 0 Å². The number of anilines is 2. The van der Waals surface area contributed by atoms with Gasteiger partial charge in [-0.25, -0.2) is 0 Å². The van der Waals surface area contributed by atoms with Crippen molar-refractivity contribution in [1.29, 1.82) is 0 Å². The van der Waals surface area contributed by atoms with E-state index in [2.05, 4.69) is 140 Å². The molecule has 0 bridgehead atoms. The predicted octanol–water partition coefficient (Wildman–Crippen LogP) is 10.7.